The van der Waals surface area contributed by atoms with Gasteiger partial charge in [0, 0.05) is 63.0 Å². The Labute approximate surface area is 159 Å². The fourth-order valence-corrected chi connectivity index (χ4v) is 4.63. The van der Waals surface area contributed by atoms with E-state index in [0.29, 0.717) is 43.2 Å². The van der Waals surface area contributed by atoms with Gasteiger partial charge in [-0.2, -0.15) is 0 Å². The first-order valence-corrected chi connectivity index (χ1v) is 9.87. The van der Waals surface area contributed by atoms with Crippen LogP contribution in [-0.2, 0) is 6.42 Å². The number of aromatic nitrogens is 1. The van der Waals surface area contributed by atoms with E-state index in [2.05, 4.69) is 15.2 Å². The summed E-state index contributed by atoms with van der Waals surface area (Å²) in [5, 5.41) is 3.34. The summed E-state index contributed by atoms with van der Waals surface area (Å²) in [6.07, 6.45) is 2.02. The van der Waals surface area contributed by atoms with Crippen LogP contribution in [0.5, 0.6) is 0 Å². The predicted molar refractivity (Wildman–Crippen MR) is 102 cm³/mol. The largest absolute Gasteiger partial charge is 0.337 e. The minimum absolute atomic E-state index is 0.00617. The molecular formula is C20H28N4O3. The van der Waals surface area contributed by atoms with Gasteiger partial charge in [0.1, 0.15) is 5.56 Å². The zero-order valence-electron chi connectivity index (χ0n) is 16.1. The minimum atomic E-state index is -0.380. The van der Waals surface area contributed by atoms with E-state index in [1.165, 1.54) is 6.07 Å². The molecule has 27 heavy (non-hydrogen) atoms. The predicted octanol–water partition coefficient (Wildman–Crippen LogP) is 0.650. The molecule has 3 heterocycles. The lowest BCUT2D eigenvalue weighted by Crippen LogP contribution is -2.49. The number of carbonyl (C=O) groups is 2. The van der Waals surface area contributed by atoms with Crippen molar-refractivity contribution in [2.45, 2.75) is 39.2 Å². The number of nitrogens with one attached hydrogen (secondary N) is 2. The van der Waals surface area contributed by atoms with Crippen LogP contribution in [0.3, 0.4) is 0 Å². The highest BCUT2D eigenvalue weighted by molar-refractivity contribution is 6.02. The Morgan fingerprint density at radius 3 is 2.63 bits per heavy atom. The maximum absolute atomic E-state index is 13.0. The second-order valence-corrected chi connectivity index (χ2v) is 8.82. The maximum atomic E-state index is 13.0. The summed E-state index contributed by atoms with van der Waals surface area (Å²) in [5.74, 6) is -0.249. The first-order valence-electron chi connectivity index (χ1n) is 9.87. The van der Waals surface area contributed by atoms with Crippen molar-refractivity contribution in [3.05, 3.63) is 33.2 Å². The van der Waals surface area contributed by atoms with Crippen molar-refractivity contribution in [1.82, 2.24) is 20.1 Å². The van der Waals surface area contributed by atoms with Gasteiger partial charge in [-0.15, -0.1) is 0 Å². The Kier molecular flexibility index (Phi) is 4.68. The molecule has 1 aromatic heterocycles. The fraction of sp³-hybridized carbons (Fsp3) is 0.650. The van der Waals surface area contributed by atoms with Gasteiger partial charge in [0.2, 0.25) is 0 Å². The van der Waals surface area contributed by atoms with Crippen molar-refractivity contribution in [3.8, 4) is 0 Å². The van der Waals surface area contributed by atoms with Crippen LogP contribution in [-0.4, -0.2) is 71.8 Å². The normalized spacial score (nSPS) is 25.5. The van der Waals surface area contributed by atoms with E-state index in [0.717, 1.165) is 32.6 Å². The minimum Gasteiger partial charge on any atom is -0.337 e. The number of hydrogen-bond donors (Lipinski definition) is 2. The van der Waals surface area contributed by atoms with Crippen LogP contribution in [0.4, 0.5) is 0 Å². The number of rotatable bonds is 2. The summed E-state index contributed by atoms with van der Waals surface area (Å²) in [6, 6.07) is 1.89. The Balaban J connectivity index is 1.54. The number of amides is 1. The SMILES string of the molecule is CC1(C)CC(=O)c2cc(C(=O)N3CCC(N4CCNCC4)C3)c(=O)[nH]c2C1. The number of ketones is 1. The van der Waals surface area contributed by atoms with E-state index in [-0.39, 0.29) is 28.2 Å². The van der Waals surface area contributed by atoms with Crippen LogP contribution < -0.4 is 10.9 Å². The van der Waals surface area contributed by atoms with Crippen molar-refractivity contribution in [3.63, 3.8) is 0 Å². The molecule has 0 bridgehead atoms. The molecule has 0 radical (unpaired) electrons. The van der Waals surface area contributed by atoms with Crippen LogP contribution in [0.1, 0.15) is 53.1 Å². The number of hydrogen-bond acceptors (Lipinski definition) is 5. The first-order chi connectivity index (χ1) is 12.8. The molecule has 0 aromatic carbocycles. The highest BCUT2D eigenvalue weighted by Crippen LogP contribution is 2.33. The number of aromatic amines is 1. The monoisotopic (exact) mass is 372 g/mol. The summed E-state index contributed by atoms with van der Waals surface area (Å²) in [4.78, 5) is 45.1. The van der Waals surface area contributed by atoms with Gasteiger partial charge >= 0.3 is 0 Å². The van der Waals surface area contributed by atoms with Crippen LogP contribution in [0.15, 0.2) is 10.9 Å². The van der Waals surface area contributed by atoms with Crippen LogP contribution >= 0.6 is 0 Å². The number of piperazine rings is 1. The zero-order chi connectivity index (χ0) is 19.2. The zero-order valence-corrected chi connectivity index (χ0v) is 16.1. The summed E-state index contributed by atoms with van der Waals surface area (Å²) in [6.45, 7) is 9.30. The summed E-state index contributed by atoms with van der Waals surface area (Å²) in [7, 11) is 0. The van der Waals surface area contributed by atoms with Gasteiger partial charge in [-0.3, -0.25) is 19.3 Å². The third-order valence-electron chi connectivity index (χ3n) is 6.07. The Morgan fingerprint density at radius 1 is 1.15 bits per heavy atom. The molecule has 1 aliphatic carbocycles. The number of carbonyl (C=O) groups excluding carboxylic acids is 2. The van der Waals surface area contributed by atoms with Gasteiger partial charge in [-0.1, -0.05) is 13.8 Å². The molecule has 2 N–H and O–H groups in total. The van der Waals surface area contributed by atoms with Gasteiger partial charge in [0.15, 0.2) is 5.78 Å². The Hall–Kier alpha value is -1.99. The molecule has 1 atom stereocenters. The third-order valence-corrected chi connectivity index (χ3v) is 6.07. The van der Waals surface area contributed by atoms with E-state index >= 15 is 0 Å². The van der Waals surface area contributed by atoms with E-state index in [4.69, 9.17) is 0 Å². The second kappa shape index (κ2) is 6.87. The fourth-order valence-electron chi connectivity index (χ4n) is 4.63. The van der Waals surface area contributed by atoms with Crippen molar-refractivity contribution < 1.29 is 9.59 Å². The third kappa shape index (κ3) is 3.58. The standard InChI is InChI=1S/C20H28N4O3/c1-20(2)10-16-14(17(25)11-20)9-15(18(26)22-16)19(27)24-6-3-13(12-24)23-7-4-21-5-8-23/h9,13,21H,3-8,10-12H2,1-2H3,(H,22,26). The molecule has 2 fully saturated rings. The highest BCUT2D eigenvalue weighted by atomic mass is 16.2. The van der Waals surface area contributed by atoms with Crippen LogP contribution in [0.2, 0.25) is 0 Å². The lowest BCUT2D eigenvalue weighted by Gasteiger charge is -2.32. The van der Waals surface area contributed by atoms with E-state index < -0.39 is 0 Å². The van der Waals surface area contributed by atoms with Gasteiger partial charge in [0.25, 0.3) is 11.5 Å². The lowest BCUT2D eigenvalue weighted by atomic mass is 9.75. The smallest absolute Gasteiger partial charge is 0.261 e. The van der Waals surface area contributed by atoms with Gasteiger partial charge in [-0.05, 0) is 24.3 Å². The van der Waals surface area contributed by atoms with Crippen LogP contribution in [0.25, 0.3) is 0 Å². The maximum Gasteiger partial charge on any atom is 0.261 e. The lowest BCUT2D eigenvalue weighted by molar-refractivity contribution is 0.0771. The summed E-state index contributed by atoms with van der Waals surface area (Å²) < 4.78 is 0. The molecule has 4 rings (SSSR count). The summed E-state index contributed by atoms with van der Waals surface area (Å²) in [5.41, 5.74) is 0.731. The van der Waals surface area contributed by atoms with Crippen molar-refractivity contribution in [2.75, 3.05) is 39.3 Å². The molecule has 1 aromatic rings. The first kappa shape index (κ1) is 18.4. The number of likely N-dealkylation sites (tertiary alicyclic amines) is 1. The molecule has 3 aliphatic rings. The van der Waals surface area contributed by atoms with Crippen molar-refractivity contribution in [2.24, 2.45) is 5.41 Å². The highest BCUT2D eigenvalue weighted by Gasteiger charge is 2.35. The van der Waals surface area contributed by atoms with Crippen molar-refractivity contribution >= 4 is 11.7 Å². The average molecular weight is 372 g/mol. The Bertz CT molecular complexity index is 823. The molecule has 0 spiro atoms. The van der Waals surface area contributed by atoms with Crippen molar-refractivity contribution in [1.29, 1.82) is 0 Å². The molecular weight excluding hydrogens is 344 g/mol. The molecule has 146 valence electrons. The molecule has 1 unspecified atom stereocenters. The van der Waals surface area contributed by atoms with Gasteiger partial charge < -0.3 is 15.2 Å². The molecule has 2 saturated heterocycles. The molecule has 7 heteroatoms. The Morgan fingerprint density at radius 2 is 1.89 bits per heavy atom. The van der Waals surface area contributed by atoms with Crippen LogP contribution in [0, 0.1) is 5.41 Å². The molecule has 1 amide bonds. The molecule has 0 saturated carbocycles. The van der Waals surface area contributed by atoms with Gasteiger partial charge in [-0.25, -0.2) is 0 Å². The summed E-state index contributed by atoms with van der Waals surface area (Å²) >= 11 is 0. The topological polar surface area (TPSA) is 85.5 Å². The quantitative estimate of drug-likeness (QED) is 0.796. The number of pyridine rings is 1. The number of fused-ring (bicyclic) bond motifs is 1. The van der Waals surface area contributed by atoms with E-state index in [9.17, 15) is 14.4 Å². The number of Topliss-reactive ketones (excluding diaryl/α,β-unsaturated/α-hetero) is 1. The number of H-pyrrole nitrogens is 1. The molecule has 7 nitrogen and oxygen atoms in total. The average Bonchev–Trinajstić information content (AvgIpc) is 3.10. The van der Waals surface area contributed by atoms with E-state index in [1.807, 2.05) is 13.8 Å². The number of nitrogens with zero attached hydrogens (tertiary/aromatic N) is 2. The van der Waals surface area contributed by atoms with E-state index in [1.54, 1.807) is 4.90 Å². The second-order valence-electron chi connectivity index (χ2n) is 8.82. The van der Waals surface area contributed by atoms with Gasteiger partial charge in [0.05, 0.1) is 0 Å². The molecule has 2 aliphatic heterocycles.